The van der Waals surface area contributed by atoms with Gasteiger partial charge in [0.25, 0.3) is 0 Å². The van der Waals surface area contributed by atoms with E-state index in [1.54, 1.807) is 0 Å². The second-order valence-corrected chi connectivity index (χ2v) is 35.1. The molecule has 0 radical (unpaired) electrons. The number of carboxylic acid groups (broad SMARTS) is 4. The maximum absolute atomic E-state index is 11.2. The second kappa shape index (κ2) is 87.2. The molecule has 2 aliphatic rings. The lowest BCUT2D eigenvalue weighted by atomic mass is 9.86. The molecule has 0 heterocycles. The van der Waals surface area contributed by atoms with Crippen LogP contribution in [0.3, 0.4) is 0 Å². The third kappa shape index (κ3) is 73.2. The molecule has 0 aromatic heterocycles. The van der Waals surface area contributed by atoms with Gasteiger partial charge in [-0.3, -0.25) is 38.4 Å². The minimum atomic E-state index is -0.740. The van der Waals surface area contributed by atoms with E-state index in [0.717, 1.165) is 140 Å². The highest BCUT2D eigenvalue weighted by Crippen LogP contribution is 2.30. The quantitative estimate of drug-likeness (QED) is 0.0120. The van der Waals surface area contributed by atoms with Gasteiger partial charge in [-0.05, 0) is 249 Å². The Kier molecular flexibility index (Phi) is 76.1. The zero-order chi connectivity index (χ0) is 101. The van der Waals surface area contributed by atoms with E-state index >= 15 is 0 Å². The first-order valence-corrected chi connectivity index (χ1v) is 52.2. The van der Waals surface area contributed by atoms with Crippen molar-refractivity contribution >= 4 is 47.8 Å². The fourth-order valence-electron chi connectivity index (χ4n) is 15.7. The van der Waals surface area contributed by atoms with E-state index in [0.29, 0.717) is 77.8 Å². The van der Waals surface area contributed by atoms with Crippen molar-refractivity contribution < 1.29 is 77.7 Å². The van der Waals surface area contributed by atoms with Gasteiger partial charge >= 0.3 is 47.8 Å². The average Bonchev–Trinajstić information content (AvgIpc) is 0.868. The first-order valence-electron chi connectivity index (χ1n) is 52.2. The van der Waals surface area contributed by atoms with Crippen LogP contribution in [0.2, 0.25) is 0 Å². The fraction of sp³-hybridized carbons (Fsp3) is 0.452. The summed E-state index contributed by atoms with van der Waals surface area (Å²) in [5, 5.41) is 33.8. The number of hydrogen-bond acceptors (Lipinski definition) is 12. The predicted octanol–water partition coefficient (Wildman–Crippen LogP) is 31.5. The van der Waals surface area contributed by atoms with Crippen molar-refractivity contribution in [3.8, 4) is 22.3 Å². The Morgan fingerprint density at radius 1 is 0.221 bits per heavy atom. The molecule has 0 aliphatic heterocycles. The number of allylic oxidation sites excluding steroid dienone is 12. The highest BCUT2D eigenvalue weighted by molar-refractivity contribution is 5.71. The van der Waals surface area contributed by atoms with Crippen molar-refractivity contribution in [1.82, 2.24) is 0 Å². The predicted molar refractivity (Wildman–Crippen MR) is 575 cm³/mol. The number of unbranched alkanes of at least 4 members (excludes halogenated alkanes) is 6. The van der Waals surface area contributed by atoms with E-state index in [4.69, 9.17) is 39.4 Å². The van der Waals surface area contributed by atoms with E-state index in [1.807, 2.05) is 107 Å². The van der Waals surface area contributed by atoms with Gasteiger partial charge in [-0.15, -0.1) is 0 Å². The number of aryl methyl sites for hydroxylation is 6. The number of carbonyl (C=O) groups excluding carboxylic acids is 4. The molecule has 0 bridgehead atoms. The molecule has 0 saturated heterocycles. The first kappa shape index (κ1) is 122. The molecule has 8 aromatic rings. The summed E-state index contributed by atoms with van der Waals surface area (Å²) < 4.78 is 19.5. The molecule has 16 nitrogen and oxygen atoms in total. The van der Waals surface area contributed by atoms with Gasteiger partial charge in [-0.25, -0.2) is 0 Å². The Labute approximate surface area is 840 Å². The summed E-state index contributed by atoms with van der Waals surface area (Å²) in [5.41, 5.74) is 13.0. The zero-order valence-electron chi connectivity index (χ0n) is 85.1. The van der Waals surface area contributed by atoms with Gasteiger partial charge < -0.3 is 39.4 Å². The Morgan fingerprint density at radius 3 is 0.707 bits per heavy atom. The number of aliphatic carboxylic acids is 4. The summed E-state index contributed by atoms with van der Waals surface area (Å²) in [6.07, 6.45) is 70.2. The maximum Gasteiger partial charge on any atom is 0.306 e. The number of ether oxygens (including phenoxy) is 4. The van der Waals surface area contributed by atoms with Gasteiger partial charge in [0.05, 0.1) is 26.4 Å². The van der Waals surface area contributed by atoms with E-state index in [-0.39, 0.29) is 43.1 Å². The monoisotopic (exact) mass is 1910 g/mol. The normalized spacial score (nSPS) is 12.3. The van der Waals surface area contributed by atoms with Crippen molar-refractivity contribution in [2.24, 2.45) is 11.8 Å². The number of hydrogen-bond donors (Lipinski definition) is 4. The highest BCUT2D eigenvalue weighted by Gasteiger charge is 2.14. The van der Waals surface area contributed by atoms with Gasteiger partial charge in [-0.1, -0.05) is 393 Å². The molecule has 2 fully saturated rings. The molecule has 2 aliphatic carbocycles. The summed E-state index contributed by atoms with van der Waals surface area (Å²) in [5.74, 6) is -1.33. The number of carboxylic acids is 4. The molecular formula is C124H168O16. The lowest BCUT2D eigenvalue weighted by Gasteiger charge is -2.20. The summed E-state index contributed by atoms with van der Waals surface area (Å²) in [4.78, 5) is 85.5. The molecule has 760 valence electrons. The summed E-state index contributed by atoms with van der Waals surface area (Å²) in [7, 11) is 0. The number of esters is 4. The Balaban J connectivity index is 0.000000413. The Hall–Kier alpha value is -12.0. The van der Waals surface area contributed by atoms with Crippen LogP contribution in [-0.4, -0.2) is 94.6 Å². The van der Waals surface area contributed by atoms with Gasteiger partial charge in [0, 0.05) is 51.4 Å². The minimum absolute atomic E-state index is 0.0597. The lowest BCUT2D eigenvalue weighted by Crippen LogP contribution is -2.05. The third-order valence-electron chi connectivity index (χ3n) is 23.4. The molecule has 0 unspecified atom stereocenters. The van der Waals surface area contributed by atoms with Crippen molar-refractivity contribution in [3.63, 3.8) is 0 Å². The maximum atomic E-state index is 11.2. The largest absolute Gasteiger partial charge is 0.481 e. The molecule has 0 spiro atoms. The van der Waals surface area contributed by atoms with Crippen LogP contribution < -0.4 is 0 Å². The molecule has 2 saturated carbocycles. The minimum Gasteiger partial charge on any atom is -0.481 e. The van der Waals surface area contributed by atoms with Gasteiger partial charge in [0.1, 0.15) is 0 Å². The van der Waals surface area contributed by atoms with E-state index in [9.17, 15) is 38.4 Å². The summed E-state index contributed by atoms with van der Waals surface area (Å²) in [6.45, 7) is 9.26. The smallest absolute Gasteiger partial charge is 0.306 e. The molecule has 16 heteroatoms. The van der Waals surface area contributed by atoms with Crippen LogP contribution in [0.5, 0.6) is 0 Å². The Morgan fingerprint density at radius 2 is 0.436 bits per heavy atom. The molecule has 4 N–H and O–H groups in total. The van der Waals surface area contributed by atoms with Crippen LogP contribution in [0.1, 0.15) is 318 Å². The number of benzene rings is 8. The Bertz CT molecular complexity index is 4590. The fourth-order valence-corrected chi connectivity index (χ4v) is 15.7. The number of carbonyl (C=O) groups is 8. The molecule has 140 heavy (non-hydrogen) atoms. The molecular weight excluding hydrogens is 1750 g/mol. The van der Waals surface area contributed by atoms with Crippen LogP contribution in [-0.2, 0) is 95.8 Å². The van der Waals surface area contributed by atoms with Crippen molar-refractivity contribution in [1.29, 1.82) is 0 Å². The van der Waals surface area contributed by atoms with Crippen LogP contribution in [0.4, 0.5) is 0 Å². The first-order chi connectivity index (χ1) is 68.4. The van der Waals surface area contributed by atoms with E-state index in [1.165, 1.54) is 152 Å². The van der Waals surface area contributed by atoms with Gasteiger partial charge in [0.15, 0.2) is 0 Å². The van der Waals surface area contributed by atoms with Crippen LogP contribution in [0, 0.1) is 11.8 Å². The van der Waals surface area contributed by atoms with Gasteiger partial charge in [-0.2, -0.15) is 0 Å². The third-order valence-corrected chi connectivity index (χ3v) is 23.4. The van der Waals surface area contributed by atoms with Crippen LogP contribution in [0.25, 0.3) is 22.3 Å². The molecule has 0 atom stereocenters. The van der Waals surface area contributed by atoms with E-state index < -0.39 is 23.9 Å². The topological polar surface area (TPSA) is 254 Å². The molecule has 8 aromatic carbocycles. The molecule has 0 amide bonds. The van der Waals surface area contributed by atoms with Gasteiger partial charge in [0.2, 0.25) is 0 Å². The second-order valence-electron chi connectivity index (χ2n) is 35.1. The summed E-state index contributed by atoms with van der Waals surface area (Å²) >= 11 is 0. The van der Waals surface area contributed by atoms with E-state index in [2.05, 4.69) is 225 Å². The zero-order valence-corrected chi connectivity index (χ0v) is 85.1. The van der Waals surface area contributed by atoms with Crippen molar-refractivity contribution in [2.45, 2.75) is 323 Å². The van der Waals surface area contributed by atoms with Crippen LogP contribution >= 0.6 is 0 Å². The highest BCUT2D eigenvalue weighted by atomic mass is 16.5. The number of rotatable bonds is 56. The average molecular weight is 1910 g/mol. The molecule has 10 rings (SSSR count). The van der Waals surface area contributed by atoms with Crippen molar-refractivity contribution in [2.75, 3.05) is 26.4 Å². The van der Waals surface area contributed by atoms with Crippen LogP contribution in [0.15, 0.2) is 303 Å². The van der Waals surface area contributed by atoms with Crippen molar-refractivity contribution in [3.05, 3.63) is 337 Å². The standard InChI is InChI=1S/C21H24O2.C19H20O2.C15H26O2.C15H22O2.C15H20O2.C13H22O2.C13H18O2.C13H16O2/c1-2-23-21(22)13-9-4-3-6-10-18-14-16-20(17-15-18)19-11-7-5-8-12-19;20-19(21)11-7-2-1-4-8-16-12-14-18(15-13-16)17-9-5-3-6-10-17;3*1-2-17-15(16)13-9-4-3-6-10-14-11-7-5-8-12-14;3*14-13(15)11-7-2-1-4-8-12-9-5-3-6-10-12/h3-5,7-8,11-12,14-17H,2,6,9-10,13H2,1H3;1-3,5-6,9-10,12-15H,4,7-8,11H2,(H,20,21);3-4,14H,2,5-13H2,1H3;5,7-8,11-12H,2-4,6,9-10,13H2,1H3;3-5,7-8,11-12H,2,6,9-10,13H2,1H3;1-2,12H,3-11H2,(H,14,15);3,5-6,9-10H,1-2,4,7-8,11H2,(H,14,15);1-3,5-6,9-10H,4,7-8,11H2,(H,14,15)/b4-3+;2-1+;4-3+;;4-3+;2-1+;;2-1+. The summed E-state index contributed by atoms with van der Waals surface area (Å²) in [6, 6.07) is 79.7. The lowest BCUT2D eigenvalue weighted by molar-refractivity contribution is -0.144. The SMILES string of the molecule is CCOC(=O)CC/C=C/CCC1CCCCC1.CCOC(=O)CC/C=C/CCc1ccc(-c2ccccc2)cc1.CCOC(=O)CC/C=C/CCc1ccccc1.CCOC(=O)CCCCCCc1ccccc1.O=C(O)CC/C=C/CCC1CCCCC1.O=C(O)CC/C=C/CCc1ccc(-c2ccccc2)cc1.O=C(O)CC/C=C/CCc1ccccc1.O=C(O)CCCCCCc1ccccc1.